The minimum Gasteiger partial charge on any atom is -0.492 e. The Labute approximate surface area is 126 Å². The number of sulfone groups is 1. The standard InChI is InChI=1S/C15H24FNO3S/c1-11(17-5)13-7-6-12(16)10-14(13)20-8-9-21(18,19)15(2,3)4/h6-7,10-11,17H,8-9H2,1-5H3. The van der Waals surface area contributed by atoms with Gasteiger partial charge in [0.25, 0.3) is 0 Å². The lowest BCUT2D eigenvalue weighted by atomic mass is 10.1. The molecule has 0 saturated heterocycles. The molecule has 0 spiro atoms. The highest BCUT2D eigenvalue weighted by molar-refractivity contribution is 7.92. The summed E-state index contributed by atoms with van der Waals surface area (Å²) in [4.78, 5) is 0. The van der Waals surface area contributed by atoms with Gasteiger partial charge < -0.3 is 10.1 Å². The fraction of sp³-hybridized carbons (Fsp3) is 0.600. The summed E-state index contributed by atoms with van der Waals surface area (Å²) in [6.45, 7) is 6.88. The van der Waals surface area contributed by atoms with E-state index in [1.165, 1.54) is 12.1 Å². The quantitative estimate of drug-likeness (QED) is 0.876. The van der Waals surface area contributed by atoms with Crippen molar-refractivity contribution in [3.8, 4) is 5.75 Å². The first-order valence-electron chi connectivity index (χ1n) is 6.90. The van der Waals surface area contributed by atoms with E-state index in [1.807, 2.05) is 6.92 Å². The fourth-order valence-electron chi connectivity index (χ4n) is 1.71. The van der Waals surface area contributed by atoms with Crippen molar-refractivity contribution in [1.29, 1.82) is 0 Å². The molecule has 0 fully saturated rings. The number of halogens is 1. The third-order valence-electron chi connectivity index (χ3n) is 3.42. The molecule has 0 saturated carbocycles. The van der Waals surface area contributed by atoms with Crippen LogP contribution in [-0.4, -0.2) is 32.6 Å². The Morgan fingerprint density at radius 3 is 2.48 bits per heavy atom. The van der Waals surface area contributed by atoms with E-state index >= 15 is 0 Å². The Morgan fingerprint density at radius 1 is 1.33 bits per heavy atom. The van der Waals surface area contributed by atoms with Crippen molar-refractivity contribution in [3.63, 3.8) is 0 Å². The van der Waals surface area contributed by atoms with E-state index in [4.69, 9.17) is 4.74 Å². The predicted octanol–water partition coefficient (Wildman–Crippen LogP) is 2.70. The minimum atomic E-state index is -3.25. The normalized spacial score (nSPS) is 14.0. The summed E-state index contributed by atoms with van der Waals surface area (Å²) in [5.41, 5.74) is 0.798. The van der Waals surface area contributed by atoms with Gasteiger partial charge in [-0.15, -0.1) is 0 Å². The van der Waals surface area contributed by atoms with Crippen LogP contribution in [0.2, 0.25) is 0 Å². The van der Waals surface area contributed by atoms with E-state index in [2.05, 4.69) is 5.32 Å². The lowest BCUT2D eigenvalue weighted by Gasteiger charge is -2.20. The zero-order valence-electron chi connectivity index (χ0n) is 13.2. The molecular weight excluding hydrogens is 293 g/mol. The smallest absolute Gasteiger partial charge is 0.158 e. The molecule has 6 heteroatoms. The first-order chi connectivity index (χ1) is 9.58. The Morgan fingerprint density at radius 2 is 1.95 bits per heavy atom. The summed E-state index contributed by atoms with van der Waals surface area (Å²) in [6, 6.07) is 4.28. The van der Waals surface area contributed by atoms with Gasteiger partial charge in [0.2, 0.25) is 0 Å². The van der Waals surface area contributed by atoms with Crippen LogP contribution in [0.15, 0.2) is 18.2 Å². The summed E-state index contributed by atoms with van der Waals surface area (Å²) in [5.74, 6) is -0.128. The van der Waals surface area contributed by atoms with Crippen LogP contribution in [0.3, 0.4) is 0 Å². The average Bonchev–Trinajstić information content (AvgIpc) is 2.36. The molecule has 1 aromatic rings. The van der Waals surface area contributed by atoms with Crippen LogP contribution in [0.4, 0.5) is 4.39 Å². The van der Waals surface area contributed by atoms with Gasteiger partial charge in [0, 0.05) is 17.7 Å². The van der Waals surface area contributed by atoms with Gasteiger partial charge in [-0.1, -0.05) is 6.07 Å². The highest BCUT2D eigenvalue weighted by Crippen LogP contribution is 2.26. The van der Waals surface area contributed by atoms with Crippen LogP contribution in [-0.2, 0) is 9.84 Å². The second-order valence-corrected chi connectivity index (χ2v) is 8.83. The number of nitrogens with one attached hydrogen (secondary N) is 1. The van der Waals surface area contributed by atoms with Crippen molar-refractivity contribution in [1.82, 2.24) is 5.32 Å². The summed E-state index contributed by atoms with van der Waals surface area (Å²) in [6.07, 6.45) is 0. The van der Waals surface area contributed by atoms with Crippen molar-refractivity contribution in [3.05, 3.63) is 29.6 Å². The average molecular weight is 317 g/mol. The summed E-state index contributed by atoms with van der Waals surface area (Å²) in [5, 5.41) is 3.05. The van der Waals surface area contributed by atoms with Crippen molar-refractivity contribution >= 4 is 9.84 Å². The molecule has 0 aliphatic carbocycles. The zero-order chi connectivity index (χ0) is 16.3. The third-order valence-corrected chi connectivity index (χ3v) is 5.99. The van der Waals surface area contributed by atoms with E-state index in [-0.39, 0.29) is 18.4 Å². The first-order valence-corrected chi connectivity index (χ1v) is 8.55. The monoisotopic (exact) mass is 317 g/mol. The van der Waals surface area contributed by atoms with Gasteiger partial charge in [0.05, 0.1) is 10.5 Å². The van der Waals surface area contributed by atoms with Crippen LogP contribution in [0, 0.1) is 5.82 Å². The molecular formula is C15H24FNO3S. The van der Waals surface area contributed by atoms with E-state index in [1.54, 1.807) is 33.9 Å². The van der Waals surface area contributed by atoms with E-state index in [9.17, 15) is 12.8 Å². The van der Waals surface area contributed by atoms with Crippen LogP contribution >= 0.6 is 0 Å². The molecule has 4 nitrogen and oxygen atoms in total. The van der Waals surface area contributed by atoms with Crippen LogP contribution in [0.1, 0.15) is 39.3 Å². The Balaban J connectivity index is 2.83. The molecule has 120 valence electrons. The Bertz CT molecular complexity index is 579. The topological polar surface area (TPSA) is 55.4 Å². The molecule has 0 amide bonds. The summed E-state index contributed by atoms with van der Waals surface area (Å²) in [7, 11) is -1.46. The summed E-state index contributed by atoms with van der Waals surface area (Å²) >= 11 is 0. The van der Waals surface area contributed by atoms with E-state index in [0.717, 1.165) is 5.56 Å². The highest BCUT2D eigenvalue weighted by atomic mass is 32.2. The highest BCUT2D eigenvalue weighted by Gasteiger charge is 2.28. The lowest BCUT2D eigenvalue weighted by molar-refractivity contribution is 0.331. The van der Waals surface area contributed by atoms with E-state index < -0.39 is 20.4 Å². The second-order valence-electron chi connectivity index (χ2n) is 5.97. The van der Waals surface area contributed by atoms with Crippen LogP contribution < -0.4 is 10.1 Å². The molecule has 1 unspecified atom stereocenters. The van der Waals surface area contributed by atoms with Crippen LogP contribution in [0.25, 0.3) is 0 Å². The van der Waals surface area contributed by atoms with Crippen molar-refractivity contribution in [2.24, 2.45) is 0 Å². The van der Waals surface area contributed by atoms with Crippen molar-refractivity contribution in [2.45, 2.75) is 38.5 Å². The summed E-state index contributed by atoms with van der Waals surface area (Å²) < 4.78 is 42.1. The molecule has 0 aliphatic rings. The number of benzene rings is 1. The number of ether oxygens (including phenoxy) is 1. The largest absolute Gasteiger partial charge is 0.492 e. The molecule has 1 rings (SSSR count). The van der Waals surface area contributed by atoms with Gasteiger partial charge in [-0.2, -0.15) is 0 Å². The first kappa shape index (κ1) is 17.9. The Hall–Kier alpha value is -1.14. The SMILES string of the molecule is CNC(C)c1ccc(F)cc1OCCS(=O)(=O)C(C)(C)C. The maximum Gasteiger partial charge on any atom is 0.158 e. The van der Waals surface area contributed by atoms with Gasteiger partial charge in [0.1, 0.15) is 18.2 Å². The van der Waals surface area contributed by atoms with Gasteiger partial charge in [0.15, 0.2) is 9.84 Å². The van der Waals surface area contributed by atoms with Gasteiger partial charge >= 0.3 is 0 Å². The predicted molar refractivity (Wildman–Crippen MR) is 82.9 cm³/mol. The molecule has 0 radical (unpaired) electrons. The van der Waals surface area contributed by atoms with Gasteiger partial charge in [-0.25, -0.2) is 12.8 Å². The molecule has 1 aromatic carbocycles. The van der Waals surface area contributed by atoms with Gasteiger partial charge in [-0.3, -0.25) is 0 Å². The Kier molecular flexibility index (Phi) is 5.75. The number of hydrogen-bond acceptors (Lipinski definition) is 4. The zero-order valence-corrected chi connectivity index (χ0v) is 14.1. The minimum absolute atomic E-state index is 0.00644. The fourth-order valence-corrected chi connectivity index (χ4v) is 2.63. The molecule has 1 N–H and O–H groups in total. The van der Waals surface area contributed by atoms with Crippen molar-refractivity contribution < 1.29 is 17.5 Å². The molecule has 0 aliphatic heterocycles. The maximum absolute atomic E-state index is 13.3. The second kappa shape index (κ2) is 6.75. The van der Waals surface area contributed by atoms with E-state index in [0.29, 0.717) is 5.75 Å². The van der Waals surface area contributed by atoms with Gasteiger partial charge in [-0.05, 0) is 40.8 Å². The van der Waals surface area contributed by atoms with Crippen LogP contribution in [0.5, 0.6) is 5.75 Å². The molecule has 0 bridgehead atoms. The molecule has 1 atom stereocenters. The number of hydrogen-bond donors (Lipinski definition) is 1. The molecule has 0 heterocycles. The molecule has 0 aromatic heterocycles. The maximum atomic E-state index is 13.3. The number of rotatable bonds is 6. The lowest BCUT2D eigenvalue weighted by Crippen LogP contribution is -2.32. The van der Waals surface area contributed by atoms with Crippen molar-refractivity contribution in [2.75, 3.05) is 19.4 Å². The third kappa shape index (κ3) is 4.68. The molecule has 21 heavy (non-hydrogen) atoms.